The first-order valence-electron chi connectivity index (χ1n) is 16.1. The lowest BCUT2D eigenvalue weighted by Crippen LogP contribution is -2.48. The van der Waals surface area contributed by atoms with Crippen molar-refractivity contribution in [3.63, 3.8) is 0 Å². The molecule has 0 aliphatic carbocycles. The lowest BCUT2D eigenvalue weighted by atomic mass is 9.97. The van der Waals surface area contributed by atoms with Crippen LogP contribution in [0.3, 0.4) is 0 Å². The van der Waals surface area contributed by atoms with Crippen molar-refractivity contribution < 1.29 is 19.1 Å². The van der Waals surface area contributed by atoms with Gasteiger partial charge in [-0.1, -0.05) is 0 Å². The molecule has 11 nitrogen and oxygen atoms in total. The molecule has 2 aliphatic heterocycles. The number of fused-ring (bicyclic) bond motifs is 5. The van der Waals surface area contributed by atoms with Gasteiger partial charge in [-0.05, 0) is 79.0 Å². The molecule has 0 unspecified atom stereocenters. The van der Waals surface area contributed by atoms with E-state index in [9.17, 15) is 14.4 Å². The normalized spacial score (nSPS) is 16.5. The number of nitrogens with zero attached hydrogens (tertiary/aromatic N) is 3. The molecule has 5 heterocycles. The van der Waals surface area contributed by atoms with Crippen LogP contribution in [0.1, 0.15) is 38.0 Å². The summed E-state index contributed by atoms with van der Waals surface area (Å²) in [5, 5.41) is 7.60. The van der Waals surface area contributed by atoms with Crippen LogP contribution in [0, 0.1) is 6.92 Å². The molecule has 0 bridgehead atoms. The van der Waals surface area contributed by atoms with E-state index in [4.69, 9.17) is 22.1 Å². The van der Waals surface area contributed by atoms with E-state index < -0.39 is 6.09 Å². The molecule has 5 N–H and O–H groups in total. The molecular weight excluding hydrogens is 662 g/mol. The van der Waals surface area contributed by atoms with Crippen molar-refractivity contribution in [1.29, 1.82) is 0 Å². The number of nitrogens with one attached hydrogen (secondary N) is 3. The van der Waals surface area contributed by atoms with Crippen LogP contribution in [0.25, 0.3) is 31.9 Å². The number of alkyl halides is 1. The Morgan fingerprint density at radius 2 is 1.69 bits per heavy atom. The van der Waals surface area contributed by atoms with E-state index in [1.54, 1.807) is 34.1 Å². The number of rotatable bonds is 5. The lowest BCUT2D eigenvalue weighted by molar-refractivity contribution is 0.0982. The highest BCUT2D eigenvalue weighted by molar-refractivity contribution is 7.17. The van der Waals surface area contributed by atoms with Crippen LogP contribution >= 0.6 is 22.9 Å². The first-order valence-corrected chi connectivity index (χ1v) is 17.5. The number of H-pyrrole nitrogens is 2. The summed E-state index contributed by atoms with van der Waals surface area (Å²) < 4.78 is 6.92. The summed E-state index contributed by atoms with van der Waals surface area (Å²) >= 11 is 8.05. The molecule has 1 atom stereocenters. The summed E-state index contributed by atoms with van der Waals surface area (Å²) in [5.74, 6) is 0.170. The number of benzene rings is 3. The number of aromatic nitrogens is 2. The van der Waals surface area contributed by atoms with Crippen molar-refractivity contribution in [2.24, 2.45) is 0 Å². The quantitative estimate of drug-likeness (QED) is 0.116. The number of hydrogen-bond donors (Lipinski definition) is 4. The molecule has 8 rings (SSSR count). The van der Waals surface area contributed by atoms with Crippen molar-refractivity contribution in [2.75, 3.05) is 61.6 Å². The van der Waals surface area contributed by atoms with Gasteiger partial charge >= 0.3 is 6.09 Å². The van der Waals surface area contributed by atoms with E-state index in [-0.39, 0.29) is 17.7 Å². The van der Waals surface area contributed by atoms with E-state index in [2.05, 4.69) is 25.6 Å². The maximum absolute atomic E-state index is 14.2. The first-order chi connectivity index (χ1) is 23.7. The van der Waals surface area contributed by atoms with Gasteiger partial charge in [0.15, 0.2) is 5.75 Å². The number of carbonyl (C=O) groups excluding carboxylic acids is 3. The summed E-state index contributed by atoms with van der Waals surface area (Å²) in [6, 6.07) is 16.3. The second-order valence-electron chi connectivity index (χ2n) is 12.8. The van der Waals surface area contributed by atoms with Gasteiger partial charge in [-0.2, -0.15) is 0 Å². The predicted molar refractivity (Wildman–Crippen MR) is 196 cm³/mol. The van der Waals surface area contributed by atoms with Crippen LogP contribution in [0.2, 0.25) is 0 Å². The third-order valence-corrected chi connectivity index (χ3v) is 11.0. The zero-order valence-corrected chi connectivity index (χ0v) is 28.5. The Balaban J connectivity index is 1.08. The summed E-state index contributed by atoms with van der Waals surface area (Å²) in [5.41, 5.74) is 12.2. The molecule has 6 aromatic rings. The number of ether oxygens (including phenoxy) is 1. The number of anilines is 3. The molecule has 1 saturated heterocycles. The number of piperazine rings is 1. The van der Waals surface area contributed by atoms with Crippen molar-refractivity contribution in [3.05, 3.63) is 82.5 Å². The smallest absolute Gasteiger partial charge is 0.409 e. The van der Waals surface area contributed by atoms with Crippen LogP contribution < -0.4 is 20.7 Å². The van der Waals surface area contributed by atoms with Crippen molar-refractivity contribution in [3.8, 4) is 5.75 Å². The topological polar surface area (TPSA) is 140 Å². The summed E-state index contributed by atoms with van der Waals surface area (Å²) in [4.78, 5) is 52.6. The Morgan fingerprint density at radius 1 is 0.980 bits per heavy atom. The molecule has 13 heteroatoms. The second kappa shape index (κ2) is 12.1. The Bertz CT molecular complexity index is 2300. The average molecular weight is 696 g/mol. The Hall–Kier alpha value is -5.04. The number of hydrogen-bond acceptors (Lipinski definition) is 7. The fraction of sp³-hybridized carbons (Fsp3) is 0.250. The molecule has 250 valence electrons. The third kappa shape index (κ3) is 5.55. The minimum Gasteiger partial charge on any atom is -0.409 e. The summed E-state index contributed by atoms with van der Waals surface area (Å²) in [6.07, 6.45) is -0.391. The molecular formula is C36H34ClN7O4S. The first kappa shape index (κ1) is 31.2. The Morgan fingerprint density at radius 3 is 2.47 bits per heavy atom. The minimum atomic E-state index is -0.391. The fourth-order valence-electron chi connectivity index (χ4n) is 6.89. The number of aromatic amines is 2. The molecule has 3 aromatic carbocycles. The van der Waals surface area contributed by atoms with Gasteiger partial charge in [0.1, 0.15) is 11.4 Å². The largest absolute Gasteiger partial charge is 0.415 e. The number of nitrogens with two attached hydrogens (primary N) is 1. The molecule has 1 fully saturated rings. The van der Waals surface area contributed by atoms with Crippen LogP contribution in [0.5, 0.6) is 5.75 Å². The number of aryl methyl sites for hydroxylation is 1. The van der Waals surface area contributed by atoms with Gasteiger partial charge < -0.3 is 40.5 Å². The minimum absolute atomic E-state index is 0.0916. The molecule has 3 aromatic heterocycles. The van der Waals surface area contributed by atoms with E-state index in [0.717, 1.165) is 56.1 Å². The van der Waals surface area contributed by atoms with E-state index in [0.29, 0.717) is 59.7 Å². The van der Waals surface area contributed by atoms with Gasteiger partial charge in [0.25, 0.3) is 11.8 Å². The summed E-state index contributed by atoms with van der Waals surface area (Å²) in [6.45, 7) is 5.18. The van der Waals surface area contributed by atoms with Crippen molar-refractivity contribution in [1.82, 2.24) is 19.8 Å². The molecule has 0 saturated carbocycles. The fourth-order valence-corrected chi connectivity index (χ4v) is 8.16. The Kier molecular flexibility index (Phi) is 7.73. The number of likely N-dealkylation sites (N-methyl/N-ethyl adjacent to an activating group) is 1. The van der Waals surface area contributed by atoms with Gasteiger partial charge in [0.2, 0.25) is 0 Å². The highest BCUT2D eigenvalue weighted by Crippen LogP contribution is 2.49. The maximum atomic E-state index is 14.2. The van der Waals surface area contributed by atoms with Gasteiger partial charge in [-0.25, -0.2) is 4.79 Å². The lowest BCUT2D eigenvalue weighted by Gasteiger charge is -2.31. The predicted octanol–water partition coefficient (Wildman–Crippen LogP) is 6.74. The van der Waals surface area contributed by atoms with E-state index in [1.165, 1.54) is 11.3 Å². The molecule has 3 amide bonds. The highest BCUT2D eigenvalue weighted by Gasteiger charge is 2.37. The zero-order valence-electron chi connectivity index (χ0n) is 26.9. The van der Waals surface area contributed by atoms with Crippen molar-refractivity contribution in [2.45, 2.75) is 12.8 Å². The highest BCUT2D eigenvalue weighted by atomic mass is 35.5. The number of carbonyl (C=O) groups is 3. The average Bonchev–Trinajstić information content (AvgIpc) is 3.88. The van der Waals surface area contributed by atoms with Crippen LogP contribution in [0.15, 0.2) is 60.0 Å². The van der Waals surface area contributed by atoms with E-state index in [1.807, 2.05) is 44.3 Å². The second-order valence-corrected chi connectivity index (χ2v) is 14.0. The van der Waals surface area contributed by atoms with Crippen LogP contribution in [-0.2, 0) is 0 Å². The third-order valence-electron chi connectivity index (χ3n) is 9.50. The maximum Gasteiger partial charge on any atom is 0.415 e. The molecule has 49 heavy (non-hydrogen) atoms. The monoisotopic (exact) mass is 695 g/mol. The van der Waals surface area contributed by atoms with Crippen LogP contribution in [-0.4, -0.2) is 83.3 Å². The Labute approximate surface area is 290 Å². The number of amides is 3. The van der Waals surface area contributed by atoms with E-state index >= 15 is 0 Å². The summed E-state index contributed by atoms with van der Waals surface area (Å²) in [7, 11) is 2.04. The molecule has 0 radical (unpaired) electrons. The van der Waals surface area contributed by atoms with Crippen molar-refractivity contribution >= 4 is 89.8 Å². The van der Waals surface area contributed by atoms with Gasteiger partial charge in [0.05, 0.1) is 10.4 Å². The van der Waals surface area contributed by atoms with Gasteiger partial charge in [-0.3, -0.25) is 9.59 Å². The zero-order chi connectivity index (χ0) is 34.0. The number of nitrogen functional groups attached to an aromatic ring is 1. The SMILES string of the molecule is Cc1csc2c(OC(=O)N3CCN(C)CC3)cc3c(c12)[C@H](CCl)CN3C(=O)c1cc2cc(NC(=O)c3cc4cc(N)ccc4[nH]3)ccc2[nH]1. The standard InChI is InChI=1S/C36H34ClN7O4S/c1-19-18-49-33-30(48-36(47)43-9-7-42(2)8-10-43)15-29-32(31(19)33)22(16-37)17-44(29)35(46)28-14-21-12-24(4-6-26(21)41-28)39-34(45)27-13-20-11-23(38)3-5-25(20)40-27/h3-6,11-15,18,22,40-41H,7-10,16-17,38H2,1-2H3,(H,39,45)/t22-/m1/s1. The van der Waals surface area contributed by atoms with Gasteiger partial charge in [-0.15, -0.1) is 22.9 Å². The van der Waals surface area contributed by atoms with Gasteiger partial charge in [0, 0.05) is 89.2 Å². The van der Waals surface area contributed by atoms with Crippen LogP contribution in [0.4, 0.5) is 21.9 Å². The number of halogens is 1. The number of thiophene rings is 1. The molecule has 0 spiro atoms. The molecule has 2 aliphatic rings.